The van der Waals surface area contributed by atoms with Gasteiger partial charge in [-0.25, -0.2) is 4.79 Å². The van der Waals surface area contributed by atoms with E-state index < -0.39 is 0 Å². The van der Waals surface area contributed by atoms with Gasteiger partial charge in [0.05, 0.1) is 5.69 Å². The number of aromatic amines is 1. The van der Waals surface area contributed by atoms with Crippen molar-refractivity contribution >= 4 is 0 Å². The van der Waals surface area contributed by atoms with Crippen molar-refractivity contribution in [3.63, 3.8) is 0 Å². The summed E-state index contributed by atoms with van der Waals surface area (Å²) in [6.07, 6.45) is 0. The van der Waals surface area contributed by atoms with Crippen LogP contribution in [0.1, 0.15) is 24.4 Å². The molecule has 0 aliphatic heterocycles. The molecule has 0 bridgehead atoms. The van der Waals surface area contributed by atoms with E-state index in [9.17, 15) is 4.79 Å². The lowest BCUT2D eigenvalue weighted by atomic mass is 10.2. The van der Waals surface area contributed by atoms with Crippen LogP contribution in [0.15, 0.2) is 10.9 Å². The molecule has 1 atom stereocenters. The van der Waals surface area contributed by atoms with Crippen LogP contribution in [0.2, 0.25) is 0 Å². The number of nitrogens with one attached hydrogen (secondary N) is 1. The van der Waals surface area contributed by atoms with Gasteiger partial charge in [-0.3, -0.25) is 0 Å². The summed E-state index contributed by atoms with van der Waals surface area (Å²) < 4.78 is 0. The van der Waals surface area contributed by atoms with Crippen LogP contribution >= 0.6 is 0 Å². The molecule has 0 unspecified atom stereocenters. The van der Waals surface area contributed by atoms with Gasteiger partial charge in [0.1, 0.15) is 0 Å². The molecule has 1 rings (SSSR count). The summed E-state index contributed by atoms with van der Waals surface area (Å²) in [5.74, 6) is 0. The van der Waals surface area contributed by atoms with Crippen LogP contribution < -0.4 is 11.4 Å². The molecule has 0 fully saturated rings. The molecule has 1 aromatic rings. The Labute approximate surface area is 64.5 Å². The third-order valence-corrected chi connectivity index (χ3v) is 1.37. The molecule has 4 heteroatoms. The molecule has 1 heterocycles. The van der Waals surface area contributed by atoms with E-state index >= 15 is 0 Å². The van der Waals surface area contributed by atoms with Crippen LogP contribution in [0, 0.1) is 6.92 Å². The van der Waals surface area contributed by atoms with E-state index in [2.05, 4.69) is 9.97 Å². The smallest absolute Gasteiger partial charge is 0.323 e. The van der Waals surface area contributed by atoms with Crippen LogP contribution in [0.5, 0.6) is 0 Å². The molecule has 11 heavy (non-hydrogen) atoms. The molecule has 0 amide bonds. The number of hydrogen-bond donors (Lipinski definition) is 2. The van der Waals surface area contributed by atoms with Crippen molar-refractivity contribution in [1.29, 1.82) is 0 Å². The molecular formula is C7H11N3O. The summed E-state index contributed by atoms with van der Waals surface area (Å²) in [5, 5.41) is 0. The second kappa shape index (κ2) is 2.84. The summed E-state index contributed by atoms with van der Waals surface area (Å²) in [6, 6.07) is 1.59. The Morgan fingerprint density at radius 3 is 2.82 bits per heavy atom. The zero-order valence-electron chi connectivity index (χ0n) is 6.59. The SMILES string of the molecule is Cc1cc([C@H](C)N)nc(=O)[nH]1. The lowest BCUT2D eigenvalue weighted by Crippen LogP contribution is -2.18. The Balaban J connectivity index is 3.19. The van der Waals surface area contributed by atoms with Crippen molar-refractivity contribution < 1.29 is 0 Å². The number of nitrogens with zero attached hydrogens (tertiary/aromatic N) is 1. The highest BCUT2D eigenvalue weighted by Crippen LogP contribution is 2.02. The van der Waals surface area contributed by atoms with Crippen molar-refractivity contribution in [3.8, 4) is 0 Å². The Hall–Kier alpha value is -1.16. The van der Waals surface area contributed by atoms with Crippen molar-refractivity contribution in [1.82, 2.24) is 9.97 Å². The fourth-order valence-corrected chi connectivity index (χ4v) is 0.837. The number of rotatable bonds is 1. The standard InChI is InChI=1S/C7H11N3O/c1-4-3-6(5(2)8)10-7(11)9-4/h3,5H,8H2,1-2H3,(H,9,10,11)/t5-/m0/s1. The van der Waals surface area contributed by atoms with Crippen LogP contribution in [0.4, 0.5) is 0 Å². The fraction of sp³-hybridized carbons (Fsp3) is 0.429. The molecule has 4 nitrogen and oxygen atoms in total. The number of nitrogens with two attached hydrogens (primary N) is 1. The molecule has 0 saturated heterocycles. The van der Waals surface area contributed by atoms with Gasteiger partial charge in [-0.2, -0.15) is 4.98 Å². The predicted molar refractivity (Wildman–Crippen MR) is 42.2 cm³/mol. The van der Waals surface area contributed by atoms with E-state index in [0.717, 1.165) is 5.69 Å². The first-order valence-corrected chi connectivity index (χ1v) is 3.43. The quantitative estimate of drug-likeness (QED) is 0.601. The molecule has 60 valence electrons. The summed E-state index contributed by atoms with van der Waals surface area (Å²) in [6.45, 7) is 3.59. The molecular weight excluding hydrogens is 142 g/mol. The zero-order valence-corrected chi connectivity index (χ0v) is 6.59. The second-order valence-corrected chi connectivity index (χ2v) is 2.58. The van der Waals surface area contributed by atoms with E-state index in [-0.39, 0.29) is 11.7 Å². The molecule has 0 saturated carbocycles. The average Bonchev–Trinajstić information content (AvgIpc) is 1.85. The molecule has 0 aliphatic rings. The lowest BCUT2D eigenvalue weighted by Gasteiger charge is -2.02. The average molecular weight is 153 g/mol. The maximum Gasteiger partial charge on any atom is 0.345 e. The van der Waals surface area contributed by atoms with Gasteiger partial charge >= 0.3 is 5.69 Å². The first-order valence-electron chi connectivity index (χ1n) is 3.43. The Morgan fingerprint density at radius 2 is 2.36 bits per heavy atom. The molecule has 1 aromatic heterocycles. The third kappa shape index (κ3) is 1.88. The number of aryl methyl sites for hydroxylation is 1. The van der Waals surface area contributed by atoms with Gasteiger partial charge in [-0.15, -0.1) is 0 Å². The maximum absolute atomic E-state index is 10.8. The van der Waals surface area contributed by atoms with Gasteiger partial charge in [0, 0.05) is 11.7 Å². The number of aromatic nitrogens is 2. The summed E-state index contributed by atoms with van der Waals surface area (Å²) >= 11 is 0. The summed E-state index contributed by atoms with van der Waals surface area (Å²) in [7, 11) is 0. The second-order valence-electron chi connectivity index (χ2n) is 2.58. The fourth-order valence-electron chi connectivity index (χ4n) is 0.837. The first-order chi connectivity index (χ1) is 5.09. The topological polar surface area (TPSA) is 71.8 Å². The first kappa shape index (κ1) is 7.94. The minimum atomic E-state index is -0.336. The van der Waals surface area contributed by atoms with E-state index in [1.165, 1.54) is 0 Å². The lowest BCUT2D eigenvalue weighted by molar-refractivity contribution is 0.760. The van der Waals surface area contributed by atoms with E-state index in [0.29, 0.717) is 5.69 Å². The Morgan fingerprint density at radius 1 is 1.73 bits per heavy atom. The van der Waals surface area contributed by atoms with Gasteiger partial charge in [-0.05, 0) is 19.9 Å². The van der Waals surface area contributed by atoms with Crippen molar-refractivity contribution in [2.75, 3.05) is 0 Å². The maximum atomic E-state index is 10.8. The largest absolute Gasteiger partial charge is 0.345 e. The highest BCUT2D eigenvalue weighted by Gasteiger charge is 2.01. The monoisotopic (exact) mass is 153 g/mol. The highest BCUT2D eigenvalue weighted by molar-refractivity contribution is 5.09. The van der Waals surface area contributed by atoms with Crippen LogP contribution in [-0.4, -0.2) is 9.97 Å². The summed E-state index contributed by atoms with van der Waals surface area (Å²) in [5.41, 5.74) is 6.62. The molecule has 0 radical (unpaired) electrons. The Kier molecular flexibility index (Phi) is 2.05. The van der Waals surface area contributed by atoms with Crippen LogP contribution in [-0.2, 0) is 0 Å². The van der Waals surface area contributed by atoms with Crippen molar-refractivity contribution in [2.45, 2.75) is 19.9 Å². The van der Waals surface area contributed by atoms with E-state index in [1.807, 2.05) is 0 Å². The minimum Gasteiger partial charge on any atom is -0.323 e. The Bertz CT molecular complexity index is 303. The van der Waals surface area contributed by atoms with Gasteiger partial charge in [0.2, 0.25) is 0 Å². The third-order valence-electron chi connectivity index (χ3n) is 1.37. The predicted octanol–water partition coefficient (Wildman–Crippen LogP) is 0.0980. The van der Waals surface area contributed by atoms with Crippen molar-refractivity contribution in [2.24, 2.45) is 5.73 Å². The van der Waals surface area contributed by atoms with Crippen LogP contribution in [0.25, 0.3) is 0 Å². The molecule has 0 aromatic carbocycles. The van der Waals surface area contributed by atoms with Crippen molar-refractivity contribution in [3.05, 3.63) is 27.9 Å². The van der Waals surface area contributed by atoms with Gasteiger partial charge in [0.25, 0.3) is 0 Å². The number of H-pyrrole nitrogens is 1. The molecule has 3 N–H and O–H groups in total. The summed E-state index contributed by atoms with van der Waals surface area (Å²) in [4.78, 5) is 17.0. The minimum absolute atomic E-state index is 0.184. The molecule has 0 aliphatic carbocycles. The zero-order chi connectivity index (χ0) is 8.43. The van der Waals surface area contributed by atoms with Crippen LogP contribution in [0.3, 0.4) is 0 Å². The highest BCUT2D eigenvalue weighted by atomic mass is 16.1. The van der Waals surface area contributed by atoms with E-state index in [1.54, 1.807) is 19.9 Å². The normalized spacial score (nSPS) is 13.0. The van der Waals surface area contributed by atoms with E-state index in [4.69, 9.17) is 5.73 Å². The molecule has 0 spiro atoms. The number of hydrogen-bond acceptors (Lipinski definition) is 3. The van der Waals surface area contributed by atoms with Gasteiger partial charge < -0.3 is 10.7 Å². The van der Waals surface area contributed by atoms with Gasteiger partial charge in [0.15, 0.2) is 0 Å². The van der Waals surface area contributed by atoms with Gasteiger partial charge in [-0.1, -0.05) is 0 Å².